The van der Waals surface area contributed by atoms with E-state index in [-0.39, 0.29) is 26.3 Å². The molecule has 4 heteroatoms. The van der Waals surface area contributed by atoms with Gasteiger partial charge >= 0.3 is 146 Å². The summed E-state index contributed by atoms with van der Waals surface area (Å²) in [5.41, 5.74) is 2.10. The Labute approximate surface area is 153 Å². The quantitative estimate of drug-likeness (QED) is 0.596. The van der Waals surface area contributed by atoms with E-state index in [1.54, 1.807) is 6.07 Å². The van der Waals surface area contributed by atoms with Gasteiger partial charge in [-0.1, -0.05) is 6.92 Å². The van der Waals surface area contributed by atoms with E-state index in [0.717, 1.165) is 12.8 Å². The van der Waals surface area contributed by atoms with Gasteiger partial charge in [-0.05, 0) is 0 Å². The van der Waals surface area contributed by atoms with Crippen molar-refractivity contribution in [2.45, 2.75) is 26.7 Å². The molecule has 1 nitrogen and oxygen atoms in total. The average molecular weight is 407 g/mol. The molecule has 3 rings (SSSR count). The van der Waals surface area contributed by atoms with Gasteiger partial charge < -0.3 is 0 Å². The minimum atomic E-state index is -0.919. The zero-order valence-electron chi connectivity index (χ0n) is 14.4. The normalized spacial score (nSPS) is 15.2. The summed E-state index contributed by atoms with van der Waals surface area (Å²) >= 11 is -0.227. The second-order valence-electron chi connectivity index (χ2n) is 5.92. The minimum absolute atomic E-state index is 0.0283. The summed E-state index contributed by atoms with van der Waals surface area (Å²) in [5.74, 6) is -1.80. The molecule has 0 unspecified atom stereocenters. The van der Waals surface area contributed by atoms with E-state index in [1.165, 1.54) is 20.6 Å². The Morgan fingerprint density at radius 1 is 0.880 bits per heavy atom. The van der Waals surface area contributed by atoms with Crippen LogP contribution in [0.5, 0.6) is 5.75 Å². The SMILES string of the molecule is CCCOc1ccc(-c2ccc(C3=CC=C(CC)[SeH2]3)cc2)c(F)c1F. The Balaban J connectivity index is 1.82. The van der Waals surface area contributed by atoms with Crippen LogP contribution in [0.3, 0.4) is 0 Å². The molecule has 0 N–H and O–H groups in total. The Bertz CT molecular complexity index is 823. The number of rotatable bonds is 6. The number of ether oxygens (including phenoxy) is 1. The third-order valence-electron chi connectivity index (χ3n) is 4.14. The van der Waals surface area contributed by atoms with Gasteiger partial charge in [0.15, 0.2) is 0 Å². The molecule has 2 aromatic rings. The Kier molecular flexibility index (Phi) is 5.72. The van der Waals surface area contributed by atoms with Crippen molar-refractivity contribution in [1.82, 2.24) is 0 Å². The molecule has 1 heterocycles. The first-order chi connectivity index (χ1) is 12.1. The summed E-state index contributed by atoms with van der Waals surface area (Å²) < 4.78 is 36.7. The van der Waals surface area contributed by atoms with Gasteiger partial charge in [-0.15, -0.1) is 0 Å². The van der Waals surface area contributed by atoms with Gasteiger partial charge in [-0.25, -0.2) is 0 Å². The van der Waals surface area contributed by atoms with Crippen LogP contribution in [0.2, 0.25) is 0 Å². The van der Waals surface area contributed by atoms with Crippen LogP contribution in [0.1, 0.15) is 32.3 Å². The van der Waals surface area contributed by atoms with E-state index in [0.29, 0.717) is 12.2 Å². The Morgan fingerprint density at radius 3 is 2.24 bits per heavy atom. The topological polar surface area (TPSA) is 9.23 Å². The molecule has 0 radical (unpaired) electrons. The first-order valence-electron chi connectivity index (χ1n) is 8.53. The monoisotopic (exact) mass is 408 g/mol. The zero-order chi connectivity index (χ0) is 17.8. The summed E-state index contributed by atoms with van der Waals surface area (Å²) in [7, 11) is 0. The van der Waals surface area contributed by atoms with Crippen LogP contribution in [0, 0.1) is 11.6 Å². The molecule has 0 saturated carbocycles. The van der Waals surface area contributed by atoms with E-state index in [1.807, 2.05) is 31.2 Å². The van der Waals surface area contributed by atoms with Crippen molar-refractivity contribution in [3.8, 4) is 16.9 Å². The predicted molar refractivity (Wildman–Crippen MR) is 102 cm³/mol. The van der Waals surface area contributed by atoms with Gasteiger partial charge in [0, 0.05) is 0 Å². The summed E-state index contributed by atoms with van der Waals surface area (Å²) in [4.78, 5) is 0. The fourth-order valence-electron chi connectivity index (χ4n) is 2.72. The summed E-state index contributed by atoms with van der Waals surface area (Å²) in [6, 6.07) is 10.8. The van der Waals surface area contributed by atoms with Crippen LogP contribution < -0.4 is 4.74 Å². The number of hydrogen-bond donors (Lipinski definition) is 0. The third-order valence-corrected chi connectivity index (χ3v) is 7.43. The molecule has 2 aromatic carbocycles. The number of hydrogen-bond acceptors (Lipinski definition) is 1. The van der Waals surface area contributed by atoms with Gasteiger partial charge in [-0.2, -0.15) is 0 Å². The van der Waals surface area contributed by atoms with E-state index in [9.17, 15) is 8.78 Å². The van der Waals surface area contributed by atoms with Crippen LogP contribution in [-0.4, -0.2) is 21.6 Å². The summed E-state index contributed by atoms with van der Waals surface area (Å²) in [5, 5.41) is 0. The van der Waals surface area contributed by atoms with Crippen molar-refractivity contribution >= 4 is 19.4 Å². The first-order valence-corrected chi connectivity index (χ1v) is 10.6. The molecule has 0 spiro atoms. The standard InChI is InChI=1S/C21H22F2OSe/c1-3-13-24-18-11-10-17(20(22)21(18)23)14-5-7-15(8-6-14)19-12-9-16(4-2)25-19/h5-12H,3-4,13,25H2,1-2H3. The number of allylic oxidation sites excluding steroid dienone is 3. The van der Waals surface area contributed by atoms with Gasteiger partial charge in [0.2, 0.25) is 0 Å². The van der Waals surface area contributed by atoms with Crippen LogP contribution in [0.4, 0.5) is 8.78 Å². The van der Waals surface area contributed by atoms with Crippen molar-refractivity contribution in [2.24, 2.45) is 0 Å². The van der Waals surface area contributed by atoms with Crippen molar-refractivity contribution in [3.05, 3.63) is 70.2 Å². The van der Waals surface area contributed by atoms with Crippen LogP contribution in [0.25, 0.3) is 15.6 Å². The average Bonchev–Trinajstić information content (AvgIpc) is 3.12. The van der Waals surface area contributed by atoms with E-state index in [2.05, 4.69) is 19.1 Å². The van der Waals surface area contributed by atoms with Crippen molar-refractivity contribution in [3.63, 3.8) is 0 Å². The zero-order valence-corrected chi connectivity index (χ0v) is 16.5. The summed E-state index contributed by atoms with van der Waals surface area (Å²) in [6.07, 6.45) is 6.26. The molecule has 0 saturated heterocycles. The molecular formula is C21H22F2OSe. The Hall–Kier alpha value is -1.90. The molecule has 1 aliphatic heterocycles. The fraction of sp³-hybridized carbons (Fsp3) is 0.238. The van der Waals surface area contributed by atoms with Crippen LogP contribution >= 0.6 is 0 Å². The molecule has 0 atom stereocenters. The molecular weight excluding hydrogens is 385 g/mol. The molecule has 0 aliphatic carbocycles. The van der Waals surface area contributed by atoms with Gasteiger partial charge in [0.05, 0.1) is 0 Å². The van der Waals surface area contributed by atoms with Crippen molar-refractivity contribution in [2.75, 3.05) is 6.61 Å². The first kappa shape index (κ1) is 17.9. The van der Waals surface area contributed by atoms with E-state index < -0.39 is 11.6 Å². The maximum atomic E-state index is 14.4. The molecule has 0 aromatic heterocycles. The Morgan fingerprint density at radius 2 is 1.60 bits per heavy atom. The second-order valence-corrected chi connectivity index (χ2v) is 8.92. The predicted octanol–water partition coefficient (Wildman–Crippen LogP) is 5.24. The molecule has 0 fully saturated rings. The maximum absolute atomic E-state index is 14.4. The van der Waals surface area contributed by atoms with Crippen molar-refractivity contribution in [1.29, 1.82) is 0 Å². The number of halogens is 2. The molecule has 25 heavy (non-hydrogen) atoms. The van der Waals surface area contributed by atoms with Crippen LogP contribution in [0.15, 0.2) is 53.0 Å². The number of benzene rings is 2. The third kappa shape index (κ3) is 3.86. The van der Waals surface area contributed by atoms with Crippen LogP contribution in [-0.2, 0) is 0 Å². The fourth-order valence-corrected chi connectivity index (χ4v) is 5.17. The second kappa shape index (κ2) is 7.99. The van der Waals surface area contributed by atoms with Crippen molar-refractivity contribution < 1.29 is 13.5 Å². The summed E-state index contributed by atoms with van der Waals surface area (Å²) in [6.45, 7) is 4.47. The van der Waals surface area contributed by atoms with Gasteiger partial charge in [0.1, 0.15) is 0 Å². The van der Waals surface area contributed by atoms with Gasteiger partial charge in [-0.3, -0.25) is 0 Å². The molecule has 0 amide bonds. The molecule has 1 aliphatic rings. The van der Waals surface area contributed by atoms with E-state index >= 15 is 0 Å². The van der Waals surface area contributed by atoms with E-state index in [4.69, 9.17) is 4.74 Å². The molecule has 0 bridgehead atoms. The van der Waals surface area contributed by atoms with Gasteiger partial charge in [0.25, 0.3) is 0 Å². The molecule has 132 valence electrons.